The van der Waals surface area contributed by atoms with Gasteiger partial charge in [0.15, 0.2) is 5.58 Å². The van der Waals surface area contributed by atoms with Crippen molar-refractivity contribution in [3.05, 3.63) is 23.4 Å². The number of fused-ring (bicyclic) bond motifs is 1. The van der Waals surface area contributed by atoms with Crippen molar-refractivity contribution in [1.82, 2.24) is 9.88 Å². The van der Waals surface area contributed by atoms with Crippen LogP contribution in [0.4, 0.5) is 10.7 Å². The van der Waals surface area contributed by atoms with E-state index in [0.29, 0.717) is 5.58 Å². The molecule has 0 bridgehead atoms. The summed E-state index contributed by atoms with van der Waals surface area (Å²) in [6.45, 7) is 9.53. The molecule has 0 aromatic carbocycles. The van der Waals surface area contributed by atoms with E-state index < -0.39 is 17.7 Å². The predicted octanol–water partition coefficient (Wildman–Crippen LogP) is 3.14. The van der Waals surface area contributed by atoms with Crippen molar-refractivity contribution in [3.63, 3.8) is 0 Å². The number of nitrogens with one attached hydrogen (secondary N) is 1. The molecule has 29 heavy (non-hydrogen) atoms. The van der Waals surface area contributed by atoms with Crippen LogP contribution in [0.1, 0.15) is 43.1 Å². The molecule has 1 amide bonds. The van der Waals surface area contributed by atoms with E-state index in [0.717, 1.165) is 51.3 Å². The van der Waals surface area contributed by atoms with Crippen LogP contribution >= 0.6 is 0 Å². The van der Waals surface area contributed by atoms with E-state index in [-0.39, 0.29) is 17.0 Å². The molecule has 1 fully saturated rings. The summed E-state index contributed by atoms with van der Waals surface area (Å²) in [7, 11) is 0. The van der Waals surface area contributed by atoms with E-state index in [4.69, 9.17) is 13.9 Å². The van der Waals surface area contributed by atoms with Gasteiger partial charge in [-0.15, -0.1) is 0 Å². The quantitative estimate of drug-likeness (QED) is 0.753. The number of hydrogen-bond donors (Lipinski definition) is 2. The Morgan fingerprint density at radius 3 is 2.69 bits per heavy atom. The Hall–Kier alpha value is -2.65. The number of aryl methyl sites for hydroxylation is 1. The summed E-state index contributed by atoms with van der Waals surface area (Å²) >= 11 is 0. The Morgan fingerprint density at radius 2 is 2.03 bits per heavy atom. The van der Waals surface area contributed by atoms with Crippen molar-refractivity contribution in [3.8, 4) is 0 Å². The smallest absolute Gasteiger partial charge is 0.414 e. The molecule has 0 aliphatic carbocycles. The molecule has 2 N–H and O–H groups in total. The molecule has 0 spiro atoms. The normalized spacial score (nSPS) is 15.4. The highest BCUT2D eigenvalue weighted by molar-refractivity contribution is 6.07. The van der Waals surface area contributed by atoms with Crippen LogP contribution in [0.3, 0.4) is 0 Å². The number of aromatic nitrogens is 1. The molecule has 1 aliphatic heterocycles. The Morgan fingerprint density at radius 1 is 1.31 bits per heavy atom. The molecule has 9 nitrogen and oxygen atoms in total. The summed E-state index contributed by atoms with van der Waals surface area (Å²) in [5.41, 5.74) is 0.551. The maximum absolute atomic E-state index is 12.0. The molecule has 158 valence electrons. The van der Waals surface area contributed by atoms with Gasteiger partial charge in [0, 0.05) is 19.3 Å². The van der Waals surface area contributed by atoms with E-state index in [1.165, 1.54) is 0 Å². The second kappa shape index (κ2) is 8.79. The first-order chi connectivity index (χ1) is 13.7. The number of furan rings is 1. The number of carbonyl (C=O) groups excluding carboxylic acids is 1. The number of carboxylic acids is 1. The van der Waals surface area contributed by atoms with E-state index in [9.17, 15) is 14.7 Å². The Kier molecular flexibility index (Phi) is 6.39. The molecule has 0 atom stereocenters. The van der Waals surface area contributed by atoms with Crippen LogP contribution in [0.2, 0.25) is 0 Å². The fraction of sp³-hybridized carbons (Fsp3) is 0.550. The molecule has 9 heteroatoms. The standard InChI is InChI=1S/C20H27N3O6/c1-20(2,3)29-19(26)22-17-15(18(24)25)16-14(28-17)11-13(12-21-16)5-4-6-23-7-9-27-10-8-23/h11-12H,4-10H2,1-3H3,(H,22,26)(H,24,25). The summed E-state index contributed by atoms with van der Waals surface area (Å²) in [4.78, 5) is 30.3. The molecule has 2 aromatic rings. The SMILES string of the molecule is CC(C)(C)OC(=O)Nc1oc2cc(CCCN3CCOCC3)cnc2c1C(=O)O. The Balaban J connectivity index is 1.72. The maximum Gasteiger partial charge on any atom is 0.414 e. The van der Waals surface area contributed by atoms with Crippen molar-refractivity contribution < 1.29 is 28.6 Å². The largest absolute Gasteiger partial charge is 0.477 e. The average molecular weight is 405 g/mol. The molecular formula is C20H27N3O6. The van der Waals surface area contributed by atoms with Gasteiger partial charge in [0.1, 0.15) is 16.7 Å². The lowest BCUT2D eigenvalue weighted by Crippen LogP contribution is -2.36. The number of morpholine rings is 1. The van der Waals surface area contributed by atoms with Gasteiger partial charge >= 0.3 is 12.1 Å². The number of rotatable bonds is 6. The molecule has 1 aliphatic rings. The zero-order valence-corrected chi connectivity index (χ0v) is 17.0. The lowest BCUT2D eigenvalue weighted by molar-refractivity contribution is 0.0374. The van der Waals surface area contributed by atoms with Gasteiger partial charge in [-0.2, -0.15) is 0 Å². The third-order valence-corrected chi connectivity index (χ3v) is 4.46. The number of ether oxygens (including phenoxy) is 2. The second-order valence-corrected chi connectivity index (χ2v) is 7.99. The first kappa shape index (κ1) is 21.1. The van der Waals surface area contributed by atoms with Crippen LogP contribution in [0.25, 0.3) is 11.1 Å². The fourth-order valence-corrected chi connectivity index (χ4v) is 3.17. The van der Waals surface area contributed by atoms with Crippen molar-refractivity contribution >= 4 is 29.0 Å². The minimum absolute atomic E-state index is 0.181. The number of hydrogen-bond acceptors (Lipinski definition) is 7. The summed E-state index contributed by atoms with van der Waals surface area (Å²) < 4.78 is 16.1. The highest BCUT2D eigenvalue weighted by Crippen LogP contribution is 2.30. The molecule has 3 heterocycles. The Bertz CT molecular complexity index is 880. The minimum atomic E-state index is -1.23. The third-order valence-electron chi connectivity index (χ3n) is 4.46. The van der Waals surface area contributed by atoms with Gasteiger partial charge in [-0.3, -0.25) is 15.2 Å². The monoisotopic (exact) mass is 405 g/mol. The van der Waals surface area contributed by atoms with Crippen LogP contribution in [-0.4, -0.2) is 65.5 Å². The summed E-state index contributed by atoms with van der Waals surface area (Å²) in [6.07, 6.45) is 2.60. The summed E-state index contributed by atoms with van der Waals surface area (Å²) in [5, 5.41) is 11.9. The molecule has 0 saturated carbocycles. The number of nitrogens with zero attached hydrogens (tertiary/aromatic N) is 2. The lowest BCUT2D eigenvalue weighted by Gasteiger charge is -2.26. The zero-order chi connectivity index (χ0) is 21.0. The van der Waals surface area contributed by atoms with Gasteiger partial charge < -0.3 is 19.0 Å². The number of carbonyl (C=O) groups is 2. The first-order valence-electron chi connectivity index (χ1n) is 9.68. The van der Waals surface area contributed by atoms with Crippen LogP contribution in [0.15, 0.2) is 16.7 Å². The molecular weight excluding hydrogens is 378 g/mol. The van der Waals surface area contributed by atoms with E-state index in [1.54, 1.807) is 33.0 Å². The minimum Gasteiger partial charge on any atom is -0.477 e. The van der Waals surface area contributed by atoms with E-state index in [2.05, 4.69) is 15.2 Å². The van der Waals surface area contributed by atoms with Crippen molar-refractivity contribution in [1.29, 1.82) is 0 Å². The van der Waals surface area contributed by atoms with Gasteiger partial charge in [0.2, 0.25) is 5.88 Å². The van der Waals surface area contributed by atoms with Gasteiger partial charge in [-0.25, -0.2) is 9.59 Å². The first-order valence-corrected chi connectivity index (χ1v) is 9.68. The van der Waals surface area contributed by atoms with Gasteiger partial charge in [-0.05, 0) is 51.8 Å². The van der Waals surface area contributed by atoms with Gasteiger partial charge in [0.05, 0.1) is 13.2 Å². The fourth-order valence-electron chi connectivity index (χ4n) is 3.17. The van der Waals surface area contributed by atoms with Crippen LogP contribution in [-0.2, 0) is 15.9 Å². The molecule has 2 aromatic heterocycles. The van der Waals surface area contributed by atoms with Crippen LogP contribution < -0.4 is 5.32 Å². The zero-order valence-electron chi connectivity index (χ0n) is 17.0. The van der Waals surface area contributed by atoms with Crippen molar-refractivity contribution in [2.75, 3.05) is 38.2 Å². The van der Waals surface area contributed by atoms with E-state index in [1.807, 2.05) is 0 Å². The third kappa shape index (κ3) is 5.68. The average Bonchev–Trinajstić information content (AvgIpc) is 2.98. The van der Waals surface area contributed by atoms with Gasteiger partial charge in [0.25, 0.3) is 0 Å². The van der Waals surface area contributed by atoms with Gasteiger partial charge in [-0.1, -0.05) is 0 Å². The molecule has 0 unspecified atom stereocenters. The number of pyridine rings is 1. The molecule has 1 saturated heterocycles. The lowest BCUT2D eigenvalue weighted by atomic mass is 10.1. The van der Waals surface area contributed by atoms with Crippen molar-refractivity contribution in [2.24, 2.45) is 0 Å². The maximum atomic E-state index is 12.0. The number of amides is 1. The Labute approximate surface area is 169 Å². The topological polar surface area (TPSA) is 114 Å². The number of aromatic carboxylic acids is 1. The van der Waals surface area contributed by atoms with Crippen molar-refractivity contribution in [2.45, 2.75) is 39.2 Å². The number of carboxylic acid groups (broad SMARTS) is 1. The predicted molar refractivity (Wildman–Crippen MR) is 106 cm³/mol. The number of anilines is 1. The highest BCUT2D eigenvalue weighted by atomic mass is 16.6. The highest BCUT2D eigenvalue weighted by Gasteiger charge is 2.25. The summed E-state index contributed by atoms with van der Waals surface area (Å²) in [6, 6.07) is 1.77. The molecule has 3 rings (SSSR count). The van der Waals surface area contributed by atoms with E-state index >= 15 is 0 Å². The van der Waals surface area contributed by atoms with Crippen LogP contribution in [0.5, 0.6) is 0 Å². The second-order valence-electron chi connectivity index (χ2n) is 7.99. The van der Waals surface area contributed by atoms with Crippen LogP contribution in [0, 0.1) is 0 Å². The molecule has 0 radical (unpaired) electrons. The summed E-state index contributed by atoms with van der Waals surface area (Å²) in [5.74, 6) is -1.41.